The predicted molar refractivity (Wildman–Crippen MR) is 94.7 cm³/mol. The van der Waals surface area contributed by atoms with Gasteiger partial charge in [-0.15, -0.1) is 0 Å². The van der Waals surface area contributed by atoms with Gasteiger partial charge in [0.1, 0.15) is 5.76 Å². The van der Waals surface area contributed by atoms with Crippen molar-refractivity contribution in [3.8, 4) is 6.07 Å². The van der Waals surface area contributed by atoms with E-state index in [1.165, 1.54) is 0 Å². The summed E-state index contributed by atoms with van der Waals surface area (Å²) in [7, 11) is 0. The molecule has 3 rings (SSSR count). The molecule has 2 aromatic carbocycles. The second-order valence-electron chi connectivity index (χ2n) is 5.50. The van der Waals surface area contributed by atoms with Crippen molar-refractivity contribution in [2.45, 2.75) is 6.92 Å². The molecule has 0 saturated carbocycles. The molecule has 2 N–H and O–H groups in total. The third-order valence-corrected chi connectivity index (χ3v) is 3.55. The summed E-state index contributed by atoms with van der Waals surface area (Å²) in [5.41, 5.74) is 1.89. The number of aromatic nitrogens is 1. The van der Waals surface area contributed by atoms with Gasteiger partial charge in [-0.05, 0) is 55.5 Å². The van der Waals surface area contributed by atoms with Crippen LogP contribution in [-0.4, -0.2) is 17.0 Å². The zero-order valence-electron chi connectivity index (χ0n) is 13.8. The molecule has 0 atom stereocenters. The Kier molecular flexibility index (Phi) is 4.76. The number of carbonyl (C=O) groups excluding carboxylic acids is 2. The second kappa shape index (κ2) is 7.32. The van der Waals surface area contributed by atoms with Crippen molar-refractivity contribution in [3.63, 3.8) is 0 Å². The molecule has 3 aromatic rings. The Labute approximate surface area is 149 Å². The molecule has 0 aliphatic heterocycles. The Hall–Kier alpha value is -3.92. The summed E-state index contributed by atoms with van der Waals surface area (Å²) < 4.78 is 4.89. The summed E-state index contributed by atoms with van der Waals surface area (Å²) in [6.07, 6.45) is 0. The average Bonchev–Trinajstić information content (AvgIpc) is 3.07. The fourth-order valence-corrected chi connectivity index (χ4v) is 2.22. The van der Waals surface area contributed by atoms with E-state index in [1.807, 2.05) is 6.07 Å². The van der Waals surface area contributed by atoms with Crippen molar-refractivity contribution in [1.29, 1.82) is 5.26 Å². The third kappa shape index (κ3) is 3.94. The first-order valence-electron chi connectivity index (χ1n) is 7.71. The highest BCUT2D eigenvalue weighted by molar-refractivity contribution is 6.07. The number of hydrogen-bond donors (Lipinski definition) is 2. The van der Waals surface area contributed by atoms with Gasteiger partial charge >= 0.3 is 0 Å². The van der Waals surface area contributed by atoms with Crippen molar-refractivity contribution in [2.75, 3.05) is 10.6 Å². The van der Waals surface area contributed by atoms with Gasteiger partial charge in [0.25, 0.3) is 11.8 Å². The fraction of sp³-hybridized carbons (Fsp3) is 0.0526. The van der Waals surface area contributed by atoms with E-state index in [2.05, 4.69) is 15.8 Å². The van der Waals surface area contributed by atoms with Gasteiger partial charge in [0.05, 0.1) is 11.6 Å². The van der Waals surface area contributed by atoms with Gasteiger partial charge < -0.3 is 15.2 Å². The van der Waals surface area contributed by atoms with Crippen LogP contribution in [0.1, 0.15) is 32.0 Å². The SMILES string of the molecule is Cc1cc(NC(=O)c2ccc(C(=O)Nc3ccc(C#N)cc3)cc2)no1. The number of hydrogen-bond acceptors (Lipinski definition) is 5. The highest BCUT2D eigenvalue weighted by Crippen LogP contribution is 2.13. The van der Waals surface area contributed by atoms with E-state index in [0.717, 1.165) is 0 Å². The molecule has 1 heterocycles. The first-order chi connectivity index (χ1) is 12.5. The molecule has 2 amide bonds. The van der Waals surface area contributed by atoms with Crippen LogP contribution in [0, 0.1) is 18.3 Å². The molecular formula is C19H14N4O3. The van der Waals surface area contributed by atoms with E-state index in [9.17, 15) is 9.59 Å². The largest absolute Gasteiger partial charge is 0.360 e. The van der Waals surface area contributed by atoms with Crippen LogP contribution in [0.4, 0.5) is 11.5 Å². The monoisotopic (exact) mass is 346 g/mol. The zero-order chi connectivity index (χ0) is 18.5. The number of nitrogens with zero attached hydrogens (tertiary/aromatic N) is 2. The second-order valence-corrected chi connectivity index (χ2v) is 5.50. The fourth-order valence-electron chi connectivity index (χ4n) is 2.22. The molecule has 0 aliphatic carbocycles. The molecule has 0 unspecified atom stereocenters. The van der Waals surface area contributed by atoms with Crippen molar-refractivity contribution in [3.05, 3.63) is 77.0 Å². The maximum atomic E-state index is 12.2. The predicted octanol–water partition coefficient (Wildman–Crippen LogP) is 3.36. The first kappa shape index (κ1) is 16.9. The van der Waals surface area contributed by atoms with Gasteiger partial charge in [-0.1, -0.05) is 5.16 Å². The van der Waals surface area contributed by atoms with Crippen molar-refractivity contribution < 1.29 is 14.1 Å². The minimum Gasteiger partial charge on any atom is -0.360 e. The van der Waals surface area contributed by atoms with Crippen LogP contribution in [-0.2, 0) is 0 Å². The molecule has 0 aliphatic rings. The van der Waals surface area contributed by atoms with E-state index >= 15 is 0 Å². The molecule has 0 radical (unpaired) electrons. The lowest BCUT2D eigenvalue weighted by Gasteiger charge is -2.06. The van der Waals surface area contributed by atoms with Crippen molar-refractivity contribution >= 4 is 23.3 Å². The van der Waals surface area contributed by atoms with Crippen LogP contribution < -0.4 is 10.6 Å². The molecule has 0 fully saturated rings. The van der Waals surface area contributed by atoms with E-state index in [0.29, 0.717) is 34.0 Å². The lowest BCUT2D eigenvalue weighted by atomic mass is 10.1. The number of anilines is 2. The minimum absolute atomic E-state index is 0.311. The molecule has 0 saturated heterocycles. The minimum atomic E-state index is -0.350. The van der Waals surface area contributed by atoms with Crippen LogP contribution in [0.5, 0.6) is 0 Å². The van der Waals surface area contributed by atoms with Crippen LogP contribution in [0.3, 0.4) is 0 Å². The van der Waals surface area contributed by atoms with Crippen LogP contribution in [0.25, 0.3) is 0 Å². The Morgan fingerprint density at radius 1 is 0.962 bits per heavy atom. The lowest BCUT2D eigenvalue weighted by molar-refractivity contribution is 0.101. The zero-order valence-corrected chi connectivity index (χ0v) is 13.8. The summed E-state index contributed by atoms with van der Waals surface area (Å²) in [4.78, 5) is 24.4. The maximum absolute atomic E-state index is 12.2. The standard InChI is InChI=1S/C19H14N4O3/c1-12-10-17(23-26-12)22-19(25)15-6-4-14(5-7-15)18(24)21-16-8-2-13(11-20)3-9-16/h2-10H,1H3,(H,21,24)(H,22,23,25). The molecule has 1 aromatic heterocycles. The number of carbonyl (C=O) groups is 2. The number of nitriles is 1. The number of nitrogens with one attached hydrogen (secondary N) is 2. The normalized spacial score (nSPS) is 10.0. The van der Waals surface area contributed by atoms with Gasteiger partial charge in [-0.25, -0.2) is 0 Å². The van der Waals surface area contributed by atoms with E-state index in [-0.39, 0.29) is 11.8 Å². The van der Waals surface area contributed by atoms with E-state index < -0.39 is 0 Å². The van der Waals surface area contributed by atoms with Gasteiger partial charge in [0.15, 0.2) is 5.82 Å². The third-order valence-electron chi connectivity index (χ3n) is 3.55. The Balaban J connectivity index is 1.65. The summed E-state index contributed by atoms with van der Waals surface area (Å²) >= 11 is 0. The topological polar surface area (TPSA) is 108 Å². The first-order valence-corrected chi connectivity index (χ1v) is 7.71. The summed E-state index contributed by atoms with van der Waals surface area (Å²) in [6.45, 7) is 1.73. The maximum Gasteiger partial charge on any atom is 0.256 e. The van der Waals surface area contributed by atoms with Gasteiger partial charge in [-0.2, -0.15) is 5.26 Å². The smallest absolute Gasteiger partial charge is 0.256 e. The van der Waals surface area contributed by atoms with Crippen LogP contribution in [0.2, 0.25) is 0 Å². The Morgan fingerprint density at radius 3 is 2.04 bits per heavy atom. The summed E-state index contributed by atoms with van der Waals surface area (Å²) in [5, 5.41) is 17.8. The number of amides is 2. The quantitative estimate of drug-likeness (QED) is 0.753. The highest BCUT2D eigenvalue weighted by Gasteiger charge is 2.11. The number of rotatable bonds is 4. The highest BCUT2D eigenvalue weighted by atomic mass is 16.5. The molecule has 7 heteroatoms. The van der Waals surface area contributed by atoms with Crippen molar-refractivity contribution in [2.24, 2.45) is 0 Å². The Morgan fingerprint density at radius 2 is 1.54 bits per heavy atom. The molecular weight excluding hydrogens is 332 g/mol. The molecule has 128 valence electrons. The summed E-state index contributed by atoms with van der Waals surface area (Å²) in [5.74, 6) is 0.261. The number of benzene rings is 2. The van der Waals surface area contributed by atoms with Gasteiger partial charge in [0, 0.05) is 22.9 Å². The lowest BCUT2D eigenvalue weighted by Crippen LogP contribution is -2.14. The molecule has 26 heavy (non-hydrogen) atoms. The van der Waals surface area contributed by atoms with Crippen LogP contribution >= 0.6 is 0 Å². The molecule has 0 bridgehead atoms. The van der Waals surface area contributed by atoms with E-state index in [1.54, 1.807) is 61.5 Å². The summed E-state index contributed by atoms with van der Waals surface area (Å²) in [6, 6.07) is 16.4. The molecule has 0 spiro atoms. The van der Waals surface area contributed by atoms with Gasteiger partial charge in [0.2, 0.25) is 0 Å². The van der Waals surface area contributed by atoms with Crippen LogP contribution in [0.15, 0.2) is 59.1 Å². The Bertz CT molecular complexity index is 983. The van der Waals surface area contributed by atoms with Crippen molar-refractivity contribution in [1.82, 2.24) is 5.16 Å². The average molecular weight is 346 g/mol. The number of aryl methyl sites for hydroxylation is 1. The van der Waals surface area contributed by atoms with E-state index in [4.69, 9.17) is 9.78 Å². The van der Waals surface area contributed by atoms with Gasteiger partial charge in [-0.3, -0.25) is 9.59 Å². The molecule has 7 nitrogen and oxygen atoms in total.